The molecule has 0 radical (unpaired) electrons. The lowest BCUT2D eigenvalue weighted by Gasteiger charge is -2.30. The minimum Gasteiger partial charge on any atom is -0.435 e. The molecule has 9 nitrogen and oxygen atoms in total. The highest BCUT2D eigenvalue weighted by Crippen LogP contribution is 2.29. The molecule has 0 bridgehead atoms. The van der Waals surface area contributed by atoms with E-state index in [0.717, 1.165) is 28.4 Å². The summed E-state index contributed by atoms with van der Waals surface area (Å²) in [6.45, 7) is -2.62. The van der Waals surface area contributed by atoms with Crippen molar-refractivity contribution in [1.82, 2.24) is 19.4 Å². The van der Waals surface area contributed by atoms with Crippen LogP contribution >= 0.6 is 0 Å². The maximum Gasteiger partial charge on any atom is 0.387 e. The van der Waals surface area contributed by atoms with E-state index >= 15 is 0 Å². The number of nitrogens with zero attached hydrogens (tertiary/aromatic N) is 3. The second kappa shape index (κ2) is 9.25. The Balaban J connectivity index is 1.50. The third-order valence-corrected chi connectivity index (χ3v) is 6.80. The fourth-order valence-electron chi connectivity index (χ4n) is 3.66. The topological polar surface area (TPSA) is 114 Å². The molecule has 3 aromatic rings. The summed E-state index contributed by atoms with van der Waals surface area (Å²) in [5.41, 5.74) is 1.79. The fraction of sp³-hybridized carbons (Fsp3) is 0.238. The van der Waals surface area contributed by atoms with Gasteiger partial charge in [0.1, 0.15) is 12.0 Å². The van der Waals surface area contributed by atoms with Crippen molar-refractivity contribution in [3.63, 3.8) is 0 Å². The number of ether oxygens (including phenoxy) is 1. The fourth-order valence-corrected chi connectivity index (χ4v) is 4.83. The molecule has 1 amide bonds. The van der Waals surface area contributed by atoms with Crippen LogP contribution in [-0.4, -0.2) is 46.9 Å². The van der Waals surface area contributed by atoms with Crippen LogP contribution in [0.1, 0.15) is 22.9 Å². The van der Waals surface area contributed by atoms with E-state index in [1.54, 1.807) is 29.2 Å². The lowest BCUT2D eigenvalue weighted by atomic mass is 10.1. The van der Waals surface area contributed by atoms with E-state index in [9.17, 15) is 27.1 Å². The highest BCUT2D eigenvalue weighted by molar-refractivity contribution is 7.89. The Kier molecular flexibility index (Phi) is 6.40. The van der Waals surface area contributed by atoms with Crippen LogP contribution in [0.4, 0.5) is 8.78 Å². The van der Waals surface area contributed by atoms with Gasteiger partial charge in [-0.1, -0.05) is 30.3 Å². The Hall–Kier alpha value is -3.35. The molecule has 1 aromatic heterocycles. The summed E-state index contributed by atoms with van der Waals surface area (Å²) < 4.78 is 55.4. The molecule has 0 spiro atoms. The molecule has 12 heteroatoms. The molecule has 1 aliphatic heterocycles. The maximum atomic E-state index is 12.9. The highest BCUT2D eigenvalue weighted by atomic mass is 32.2. The van der Waals surface area contributed by atoms with Gasteiger partial charge in [-0.05, 0) is 29.8 Å². The highest BCUT2D eigenvalue weighted by Gasteiger charge is 2.34. The van der Waals surface area contributed by atoms with E-state index in [2.05, 4.69) is 15.2 Å². The molecule has 33 heavy (non-hydrogen) atoms. The number of hydrogen-bond acceptors (Lipinski definition) is 7. The molecule has 4 rings (SSSR count). The van der Waals surface area contributed by atoms with Crippen molar-refractivity contribution < 1.29 is 31.8 Å². The van der Waals surface area contributed by atoms with Crippen LogP contribution < -0.4 is 10.1 Å². The first-order valence-electron chi connectivity index (χ1n) is 9.84. The van der Waals surface area contributed by atoms with Crippen LogP contribution in [0.2, 0.25) is 0 Å². The van der Waals surface area contributed by atoms with Crippen LogP contribution in [-0.2, 0) is 27.9 Å². The Morgan fingerprint density at radius 3 is 2.39 bits per heavy atom. The number of aromatic nitrogens is 2. The average Bonchev–Trinajstić information content (AvgIpc) is 3.38. The summed E-state index contributed by atoms with van der Waals surface area (Å²) in [4.78, 5) is 12.6. The smallest absolute Gasteiger partial charge is 0.387 e. The standard InChI is InChI=1S/C21H20F2N4O5S/c22-21(23)32-16-6-8-17(9-7-16)33(30,31)27-11-15-10-26(12-18(15)25-27)20(29)19(24-13-28)14-4-2-1-3-5-14/h1-9,11,13,19-21,29H,10,12H2,(H,24,28)/t19-,20?/m0/s1. The molecule has 0 aliphatic carbocycles. The van der Waals surface area contributed by atoms with Crippen molar-refractivity contribution in [2.75, 3.05) is 0 Å². The molecule has 2 N–H and O–H groups in total. The van der Waals surface area contributed by atoms with Crippen molar-refractivity contribution in [2.45, 2.75) is 36.9 Å². The van der Waals surface area contributed by atoms with Gasteiger partial charge in [-0.3, -0.25) is 9.69 Å². The Morgan fingerprint density at radius 2 is 1.79 bits per heavy atom. The predicted octanol–water partition coefficient (Wildman–Crippen LogP) is 1.84. The molecule has 0 saturated heterocycles. The van der Waals surface area contributed by atoms with E-state index in [0.29, 0.717) is 23.2 Å². The summed E-state index contributed by atoms with van der Waals surface area (Å²) in [5, 5.41) is 17.6. The average molecular weight is 478 g/mol. The first-order chi connectivity index (χ1) is 15.8. The summed E-state index contributed by atoms with van der Waals surface area (Å²) in [5.74, 6) is -0.159. The van der Waals surface area contributed by atoms with Crippen LogP contribution in [0.15, 0.2) is 65.7 Å². The van der Waals surface area contributed by atoms with Gasteiger partial charge in [-0.15, -0.1) is 0 Å². The number of halogens is 2. The molecule has 0 saturated carbocycles. The number of benzene rings is 2. The number of nitrogens with one attached hydrogen (secondary N) is 1. The van der Waals surface area contributed by atoms with Crippen LogP contribution in [0, 0.1) is 0 Å². The summed E-state index contributed by atoms with van der Waals surface area (Å²) in [6.07, 6.45) is 0.797. The number of alkyl halides is 2. The molecular formula is C21H20F2N4O5S. The Bertz CT molecular complexity index is 1200. The normalized spacial score (nSPS) is 15.8. The zero-order chi connectivity index (χ0) is 23.6. The third-order valence-electron chi connectivity index (χ3n) is 5.25. The van der Waals surface area contributed by atoms with Crippen LogP contribution in [0.25, 0.3) is 0 Å². The third kappa shape index (κ3) is 4.72. The first kappa shape index (κ1) is 22.8. The van der Waals surface area contributed by atoms with Gasteiger partial charge in [-0.25, -0.2) is 0 Å². The number of amides is 1. The van der Waals surface area contributed by atoms with Gasteiger partial charge in [0, 0.05) is 24.8 Å². The van der Waals surface area contributed by atoms with Gasteiger partial charge in [-0.2, -0.15) is 26.4 Å². The van der Waals surface area contributed by atoms with E-state index in [-0.39, 0.29) is 23.7 Å². The SMILES string of the molecule is O=CN[C@@H](c1ccccc1)C(O)N1Cc2cn(S(=O)(=O)c3ccc(OC(F)F)cc3)nc2C1. The number of carbonyl (C=O) groups is 1. The first-order valence-corrected chi connectivity index (χ1v) is 11.3. The van der Waals surface area contributed by atoms with Crippen molar-refractivity contribution in [3.05, 3.63) is 77.6 Å². The van der Waals surface area contributed by atoms with Crippen LogP contribution in [0.3, 0.4) is 0 Å². The molecule has 0 fully saturated rings. The second-order valence-electron chi connectivity index (χ2n) is 7.32. The van der Waals surface area contributed by atoms with Gasteiger partial charge >= 0.3 is 6.61 Å². The van der Waals surface area contributed by atoms with E-state index in [1.807, 2.05) is 6.07 Å². The number of aliphatic hydroxyl groups is 1. The van der Waals surface area contributed by atoms with Gasteiger partial charge in [0.05, 0.1) is 16.6 Å². The minimum absolute atomic E-state index is 0.137. The number of carbonyl (C=O) groups excluding carboxylic acids is 1. The van der Waals surface area contributed by atoms with Gasteiger partial charge < -0.3 is 15.2 Å². The van der Waals surface area contributed by atoms with Crippen LogP contribution in [0.5, 0.6) is 5.75 Å². The molecule has 2 heterocycles. The Labute approximate surface area is 188 Å². The van der Waals surface area contributed by atoms with Crippen molar-refractivity contribution in [3.8, 4) is 5.75 Å². The predicted molar refractivity (Wildman–Crippen MR) is 112 cm³/mol. The number of fused-ring (bicyclic) bond motifs is 1. The lowest BCUT2D eigenvalue weighted by Crippen LogP contribution is -2.42. The zero-order valence-electron chi connectivity index (χ0n) is 17.1. The minimum atomic E-state index is -4.04. The molecule has 2 atom stereocenters. The zero-order valence-corrected chi connectivity index (χ0v) is 17.9. The molecule has 2 aromatic carbocycles. The van der Waals surface area contributed by atoms with Gasteiger partial charge in [0.15, 0.2) is 0 Å². The van der Waals surface area contributed by atoms with E-state index < -0.39 is 28.9 Å². The summed E-state index contributed by atoms with van der Waals surface area (Å²) in [7, 11) is -4.04. The summed E-state index contributed by atoms with van der Waals surface area (Å²) >= 11 is 0. The maximum absolute atomic E-state index is 12.9. The number of aliphatic hydroxyl groups excluding tert-OH is 1. The van der Waals surface area contributed by atoms with Crippen molar-refractivity contribution in [1.29, 1.82) is 0 Å². The van der Waals surface area contributed by atoms with Gasteiger partial charge in [0.2, 0.25) is 6.41 Å². The number of hydrogen-bond donors (Lipinski definition) is 2. The van der Waals surface area contributed by atoms with Crippen molar-refractivity contribution in [2.24, 2.45) is 0 Å². The van der Waals surface area contributed by atoms with Crippen molar-refractivity contribution >= 4 is 16.4 Å². The monoisotopic (exact) mass is 478 g/mol. The van der Waals surface area contributed by atoms with E-state index in [1.165, 1.54) is 6.20 Å². The summed E-state index contributed by atoms with van der Waals surface area (Å²) in [6, 6.07) is 12.9. The Morgan fingerprint density at radius 1 is 1.09 bits per heavy atom. The molecule has 1 unspecified atom stereocenters. The largest absolute Gasteiger partial charge is 0.435 e. The molecular weight excluding hydrogens is 458 g/mol. The number of rotatable bonds is 9. The van der Waals surface area contributed by atoms with E-state index in [4.69, 9.17) is 0 Å². The molecule has 1 aliphatic rings. The second-order valence-corrected chi connectivity index (χ2v) is 9.12. The lowest BCUT2D eigenvalue weighted by molar-refractivity contribution is -0.113. The quantitative estimate of drug-likeness (QED) is 0.451. The molecule has 174 valence electrons. The van der Waals surface area contributed by atoms with Gasteiger partial charge in [0.25, 0.3) is 10.0 Å².